The normalized spacial score (nSPS) is 20.4. The van der Waals surface area contributed by atoms with E-state index in [1.165, 1.54) is 38.5 Å². The minimum absolute atomic E-state index is 0. The molecule has 292 valence electrons. The van der Waals surface area contributed by atoms with Crippen molar-refractivity contribution in [3.05, 3.63) is 0 Å². The molecule has 0 saturated heterocycles. The monoisotopic (exact) mass is 856 g/mol. The van der Waals surface area contributed by atoms with Crippen molar-refractivity contribution < 1.29 is 122 Å². The van der Waals surface area contributed by atoms with Crippen LogP contribution in [0.2, 0.25) is 0 Å². The average Bonchev–Trinajstić information content (AvgIpc) is 3.70. The van der Waals surface area contributed by atoms with Crippen molar-refractivity contribution >= 4 is 23.6 Å². The van der Waals surface area contributed by atoms with Gasteiger partial charge in [-0.2, -0.15) is 0 Å². The summed E-state index contributed by atoms with van der Waals surface area (Å²) in [6.07, 6.45) is 9.00. The van der Waals surface area contributed by atoms with Crippen LogP contribution in [0, 0.1) is 0 Å². The quantitative estimate of drug-likeness (QED) is 0.203. The van der Waals surface area contributed by atoms with E-state index in [1.807, 2.05) is 55.4 Å². The van der Waals surface area contributed by atoms with Crippen LogP contribution in [0.5, 0.6) is 0 Å². The van der Waals surface area contributed by atoms with Crippen LogP contribution in [0.25, 0.3) is 0 Å². The maximum Gasteiger partial charge on any atom is 2.00 e. The molecule has 0 bridgehead atoms. The number of aliphatic hydroxyl groups excluding tert-OH is 4. The molecule has 0 radical (unpaired) electrons. The summed E-state index contributed by atoms with van der Waals surface area (Å²) in [7, 11) is 0. The number of nitrogens with zero attached hydrogens (tertiary/aromatic N) is 4. The summed E-state index contributed by atoms with van der Waals surface area (Å²) >= 11 is 0. The summed E-state index contributed by atoms with van der Waals surface area (Å²) < 4.78 is 20.1. The minimum Gasteiger partial charge on any atom is -1.00 e. The molecule has 5 rings (SSSR count). The Balaban J connectivity index is -0.000000112. The largest absolute Gasteiger partial charge is 2.00 e. The molecule has 0 atom stereocenters. The molecule has 5 aliphatic rings. The molecule has 1 saturated carbocycles. The minimum atomic E-state index is -0.127. The molecule has 4 N–H and O–H groups in total. The Bertz CT molecular complexity index is 806. The maximum absolute atomic E-state index is 8.54. The Morgan fingerprint density at radius 1 is 0.396 bits per heavy atom. The summed E-state index contributed by atoms with van der Waals surface area (Å²) in [6.45, 7) is 17.8. The van der Waals surface area contributed by atoms with E-state index in [0.29, 0.717) is 50.0 Å². The van der Waals surface area contributed by atoms with E-state index in [1.54, 1.807) is 0 Å². The Labute approximate surface area is 332 Å². The number of rotatable bonds is 4. The molecule has 0 spiro atoms. The smallest absolute Gasteiger partial charge is 1.00 e. The van der Waals surface area contributed by atoms with E-state index in [2.05, 4.69) is 20.0 Å². The summed E-state index contributed by atoms with van der Waals surface area (Å²) in [6, 6.07) is 0. The SMILES string of the molecule is C1CCCCC1.CC1(C)COC(CO)=N1.CC1(C)COC(CO)=N1.CC1(C)COC(CO)=N1.CC1(C)COC(CO)=N1.[Cl-].[Cl-].[Cl-].[Cl-].[Ni+2].[Ni+2]. The van der Waals surface area contributed by atoms with Gasteiger partial charge in [0.15, 0.2) is 0 Å². The molecular formula is C30H56Cl4N4Ni2O8. The van der Waals surface area contributed by atoms with Crippen LogP contribution >= 0.6 is 0 Å². The zero-order valence-electron chi connectivity index (χ0n) is 29.3. The van der Waals surface area contributed by atoms with Crippen molar-refractivity contribution in [2.75, 3.05) is 52.9 Å². The van der Waals surface area contributed by atoms with Crippen molar-refractivity contribution in [2.24, 2.45) is 20.0 Å². The first kappa shape index (κ1) is 60.0. The Morgan fingerprint density at radius 2 is 0.542 bits per heavy atom. The Morgan fingerprint density at radius 3 is 0.604 bits per heavy atom. The molecule has 4 aliphatic heterocycles. The standard InChI is InChI=1S/4C6H11NO2.C6H12.4ClH.2Ni/c4*1-6(2)4-9-5(3-8)7-6;1-2-4-6-5-3-1;;;;;;/h4*8H,3-4H2,1-2H3;1-6H2;4*1H;;/q;;;;;;;;;2*+2/p-4. The third-order valence-corrected chi connectivity index (χ3v) is 6.12. The van der Waals surface area contributed by atoms with Crippen LogP contribution in [0.1, 0.15) is 93.9 Å². The number of ether oxygens (including phenoxy) is 4. The topological polar surface area (TPSA) is 167 Å². The van der Waals surface area contributed by atoms with Crippen molar-refractivity contribution in [3.8, 4) is 0 Å². The van der Waals surface area contributed by atoms with Crippen LogP contribution in [-0.4, -0.2) is 119 Å². The van der Waals surface area contributed by atoms with Gasteiger partial charge in [-0.15, -0.1) is 0 Å². The van der Waals surface area contributed by atoms with Crippen LogP contribution < -0.4 is 49.6 Å². The average molecular weight is 860 g/mol. The van der Waals surface area contributed by atoms with E-state index >= 15 is 0 Å². The molecule has 12 nitrogen and oxygen atoms in total. The van der Waals surface area contributed by atoms with Crippen LogP contribution in [0.3, 0.4) is 0 Å². The van der Waals surface area contributed by atoms with Crippen LogP contribution in [-0.2, 0) is 51.9 Å². The number of hydrogen-bond acceptors (Lipinski definition) is 12. The molecule has 1 aliphatic carbocycles. The summed E-state index contributed by atoms with van der Waals surface area (Å²) in [5.74, 6) is 1.83. The van der Waals surface area contributed by atoms with E-state index in [-0.39, 0.29) is 131 Å². The second-order valence-corrected chi connectivity index (χ2v) is 13.2. The molecule has 0 aromatic heterocycles. The van der Waals surface area contributed by atoms with Crippen LogP contribution in [0.15, 0.2) is 20.0 Å². The van der Waals surface area contributed by atoms with E-state index in [0.717, 1.165) is 0 Å². The van der Waals surface area contributed by atoms with E-state index < -0.39 is 0 Å². The molecule has 4 heterocycles. The van der Waals surface area contributed by atoms with Gasteiger partial charge in [0.05, 0.1) is 22.2 Å². The second kappa shape index (κ2) is 29.4. The summed E-state index contributed by atoms with van der Waals surface area (Å²) in [5.41, 5.74) is -0.508. The number of halogens is 4. The summed E-state index contributed by atoms with van der Waals surface area (Å²) in [5, 5.41) is 34.2. The first-order chi connectivity index (χ1) is 19.6. The second-order valence-electron chi connectivity index (χ2n) is 13.2. The number of aliphatic imine (C=N–C) groups is 4. The van der Waals surface area contributed by atoms with Crippen molar-refractivity contribution in [2.45, 2.75) is 116 Å². The molecule has 0 aromatic carbocycles. The summed E-state index contributed by atoms with van der Waals surface area (Å²) in [4.78, 5) is 16.3. The van der Waals surface area contributed by atoms with E-state index in [9.17, 15) is 0 Å². The van der Waals surface area contributed by atoms with Gasteiger partial charge in [0.2, 0.25) is 23.6 Å². The van der Waals surface area contributed by atoms with Gasteiger partial charge >= 0.3 is 33.0 Å². The van der Waals surface area contributed by atoms with Gasteiger partial charge in [-0.25, -0.2) is 20.0 Å². The van der Waals surface area contributed by atoms with Gasteiger partial charge in [-0.3, -0.25) is 0 Å². The maximum atomic E-state index is 8.54. The van der Waals surface area contributed by atoms with Crippen LogP contribution in [0.4, 0.5) is 0 Å². The van der Waals surface area contributed by atoms with Crippen molar-refractivity contribution in [1.29, 1.82) is 0 Å². The number of aliphatic hydroxyl groups is 4. The fourth-order valence-electron chi connectivity index (χ4n) is 4.03. The molecule has 1 fully saturated rings. The molecule has 0 aromatic rings. The predicted molar refractivity (Wildman–Crippen MR) is 166 cm³/mol. The number of hydrogen-bond donors (Lipinski definition) is 4. The zero-order chi connectivity index (χ0) is 31.9. The van der Waals surface area contributed by atoms with E-state index in [4.69, 9.17) is 39.4 Å². The first-order valence-corrected chi connectivity index (χ1v) is 14.9. The van der Waals surface area contributed by atoms with Gasteiger partial charge < -0.3 is 89.0 Å². The fraction of sp³-hybridized carbons (Fsp3) is 0.867. The third-order valence-electron chi connectivity index (χ3n) is 6.12. The molecule has 0 unspecified atom stereocenters. The third kappa shape index (κ3) is 27.6. The zero-order valence-corrected chi connectivity index (χ0v) is 34.3. The van der Waals surface area contributed by atoms with Gasteiger partial charge in [0, 0.05) is 0 Å². The molecule has 18 heteroatoms. The van der Waals surface area contributed by atoms with Crippen molar-refractivity contribution in [3.63, 3.8) is 0 Å². The Hall–Kier alpha value is -0.133. The van der Waals surface area contributed by atoms with Gasteiger partial charge in [-0.1, -0.05) is 38.5 Å². The predicted octanol–water partition coefficient (Wildman–Crippen LogP) is -8.90. The molecule has 48 heavy (non-hydrogen) atoms. The van der Waals surface area contributed by atoms with Gasteiger partial charge in [0.25, 0.3) is 0 Å². The fourth-order valence-corrected chi connectivity index (χ4v) is 4.03. The van der Waals surface area contributed by atoms with Gasteiger partial charge in [-0.05, 0) is 55.4 Å². The molecular weight excluding hydrogens is 804 g/mol. The van der Waals surface area contributed by atoms with Gasteiger partial charge in [0.1, 0.15) is 52.9 Å². The first-order valence-electron chi connectivity index (χ1n) is 14.9. The molecule has 0 amide bonds. The Kier molecular flexibility index (Phi) is 36.8. The van der Waals surface area contributed by atoms with Crippen molar-refractivity contribution in [1.82, 2.24) is 0 Å².